The third kappa shape index (κ3) is 4.53. The van der Waals surface area contributed by atoms with Gasteiger partial charge in [-0.3, -0.25) is 0 Å². The van der Waals surface area contributed by atoms with Crippen molar-refractivity contribution in [3.05, 3.63) is 74.9 Å². The number of alkyl halides is 3. The first-order chi connectivity index (χ1) is 13.9. The summed E-state index contributed by atoms with van der Waals surface area (Å²) in [6, 6.07) is 9.53. The molecule has 1 aliphatic rings. The molecule has 8 heteroatoms. The summed E-state index contributed by atoms with van der Waals surface area (Å²) in [5.74, 6) is 0. The molecule has 0 radical (unpaired) electrons. The molecule has 1 unspecified atom stereocenters. The van der Waals surface area contributed by atoms with Crippen LogP contribution < -0.4 is 4.90 Å². The molecule has 0 aromatic heterocycles. The monoisotopic (exact) mass is 476 g/mol. The minimum absolute atomic E-state index is 0.0841. The molecule has 30 heavy (non-hydrogen) atoms. The van der Waals surface area contributed by atoms with E-state index in [0.29, 0.717) is 17.3 Å². The summed E-state index contributed by atoms with van der Waals surface area (Å²) < 4.78 is 42.8. The Morgan fingerprint density at radius 2 is 1.77 bits per heavy atom. The van der Waals surface area contributed by atoms with Gasteiger partial charge in [-0.1, -0.05) is 47.4 Å². The van der Waals surface area contributed by atoms with Crippen LogP contribution in [0.4, 0.5) is 18.9 Å². The van der Waals surface area contributed by atoms with E-state index in [1.54, 1.807) is 11.0 Å². The SMILES string of the molecule is C=C(C)N(C)Cc1ccc(N2CCC(c3cc(Cl)cc(Cl)c3)(C(F)(F)F)C2)cc1Cl. The predicted molar refractivity (Wildman–Crippen MR) is 119 cm³/mol. The summed E-state index contributed by atoms with van der Waals surface area (Å²) in [6.07, 6.45) is -4.55. The van der Waals surface area contributed by atoms with Crippen LogP contribution in [0.3, 0.4) is 0 Å². The Balaban J connectivity index is 1.91. The highest BCUT2D eigenvalue weighted by molar-refractivity contribution is 6.34. The fraction of sp³-hybridized carbons (Fsp3) is 0.364. The number of halogens is 6. The van der Waals surface area contributed by atoms with Crippen LogP contribution in [0.1, 0.15) is 24.5 Å². The molecule has 0 spiro atoms. The molecule has 0 amide bonds. The van der Waals surface area contributed by atoms with Crippen molar-refractivity contribution < 1.29 is 13.2 Å². The number of benzene rings is 2. The van der Waals surface area contributed by atoms with Crippen molar-refractivity contribution in [1.29, 1.82) is 0 Å². The summed E-state index contributed by atoms with van der Waals surface area (Å²) in [5, 5.41) is 0.887. The summed E-state index contributed by atoms with van der Waals surface area (Å²) in [7, 11) is 1.90. The van der Waals surface area contributed by atoms with E-state index in [9.17, 15) is 13.2 Å². The van der Waals surface area contributed by atoms with Gasteiger partial charge >= 0.3 is 6.18 Å². The number of hydrogen-bond acceptors (Lipinski definition) is 2. The van der Waals surface area contributed by atoms with Gasteiger partial charge in [-0.2, -0.15) is 13.2 Å². The van der Waals surface area contributed by atoms with E-state index in [4.69, 9.17) is 34.8 Å². The van der Waals surface area contributed by atoms with Gasteiger partial charge in [0.1, 0.15) is 5.41 Å². The molecule has 1 atom stereocenters. The second-order valence-electron chi connectivity index (χ2n) is 7.78. The minimum atomic E-state index is -4.45. The Bertz CT molecular complexity index is 941. The van der Waals surface area contributed by atoms with Crippen molar-refractivity contribution in [3.63, 3.8) is 0 Å². The average Bonchev–Trinajstić information content (AvgIpc) is 3.09. The zero-order chi connectivity index (χ0) is 22.3. The molecule has 2 aromatic rings. The molecular formula is C22H22Cl3F3N2. The second-order valence-corrected chi connectivity index (χ2v) is 9.06. The van der Waals surface area contributed by atoms with Gasteiger partial charge in [0.15, 0.2) is 0 Å². The molecule has 1 aliphatic heterocycles. The average molecular weight is 478 g/mol. The summed E-state index contributed by atoms with van der Waals surface area (Å²) in [4.78, 5) is 3.66. The fourth-order valence-corrected chi connectivity index (χ4v) is 4.50. The molecule has 0 N–H and O–H groups in total. The number of nitrogens with zero attached hydrogens (tertiary/aromatic N) is 2. The van der Waals surface area contributed by atoms with E-state index in [1.807, 2.05) is 31.0 Å². The van der Waals surface area contributed by atoms with Crippen LogP contribution in [-0.4, -0.2) is 31.2 Å². The van der Waals surface area contributed by atoms with E-state index in [2.05, 4.69) is 6.58 Å². The first kappa shape index (κ1) is 23.1. The predicted octanol–water partition coefficient (Wildman–Crippen LogP) is 7.32. The first-order valence-electron chi connectivity index (χ1n) is 9.36. The lowest BCUT2D eigenvalue weighted by Crippen LogP contribution is -2.44. The van der Waals surface area contributed by atoms with Crippen molar-refractivity contribution in [1.82, 2.24) is 4.90 Å². The number of allylic oxidation sites excluding steroid dienone is 1. The van der Waals surface area contributed by atoms with Crippen molar-refractivity contribution >= 4 is 40.5 Å². The minimum Gasteiger partial charge on any atom is -0.374 e. The zero-order valence-electron chi connectivity index (χ0n) is 16.7. The van der Waals surface area contributed by atoms with Crippen LogP contribution in [0.25, 0.3) is 0 Å². The van der Waals surface area contributed by atoms with E-state index < -0.39 is 11.6 Å². The maximum Gasteiger partial charge on any atom is 0.400 e. The Morgan fingerprint density at radius 3 is 2.30 bits per heavy atom. The number of anilines is 1. The molecule has 0 bridgehead atoms. The summed E-state index contributed by atoms with van der Waals surface area (Å²) >= 11 is 18.4. The van der Waals surface area contributed by atoms with Crippen molar-refractivity contribution in [2.75, 3.05) is 25.0 Å². The molecule has 3 rings (SSSR count). The van der Waals surface area contributed by atoms with Gasteiger partial charge in [-0.25, -0.2) is 0 Å². The molecule has 2 aromatic carbocycles. The first-order valence-corrected chi connectivity index (χ1v) is 10.5. The number of rotatable bonds is 5. The molecule has 0 aliphatic carbocycles. The smallest absolute Gasteiger partial charge is 0.374 e. The Labute approximate surface area is 189 Å². The van der Waals surface area contributed by atoms with E-state index in [1.165, 1.54) is 18.2 Å². The molecular weight excluding hydrogens is 456 g/mol. The fourth-order valence-electron chi connectivity index (χ4n) is 3.74. The van der Waals surface area contributed by atoms with Crippen molar-refractivity contribution in [3.8, 4) is 0 Å². The van der Waals surface area contributed by atoms with Gasteiger partial charge in [0, 0.05) is 53.1 Å². The van der Waals surface area contributed by atoms with E-state index >= 15 is 0 Å². The van der Waals surface area contributed by atoms with Crippen LogP contribution in [0, 0.1) is 0 Å². The van der Waals surface area contributed by atoms with Crippen LogP contribution in [0.5, 0.6) is 0 Å². The maximum atomic E-state index is 14.3. The maximum absolute atomic E-state index is 14.3. The lowest BCUT2D eigenvalue weighted by Gasteiger charge is -2.33. The zero-order valence-corrected chi connectivity index (χ0v) is 18.9. The highest BCUT2D eigenvalue weighted by atomic mass is 35.5. The van der Waals surface area contributed by atoms with Gasteiger partial charge in [0.2, 0.25) is 0 Å². The van der Waals surface area contributed by atoms with Crippen molar-refractivity contribution in [2.24, 2.45) is 0 Å². The van der Waals surface area contributed by atoms with Crippen LogP contribution >= 0.6 is 34.8 Å². The van der Waals surface area contributed by atoms with Crippen molar-refractivity contribution in [2.45, 2.75) is 31.5 Å². The summed E-state index contributed by atoms with van der Waals surface area (Å²) in [6.45, 7) is 6.37. The van der Waals surface area contributed by atoms with Crippen LogP contribution in [-0.2, 0) is 12.0 Å². The highest BCUT2D eigenvalue weighted by Gasteiger charge is 2.59. The third-order valence-corrected chi connectivity index (χ3v) is 6.48. The molecule has 1 fully saturated rings. The van der Waals surface area contributed by atoms with E-state index in [-0.39, 0.29) is 35.1 Å². The van der Waals surface area contributed by atoms with Gasteiger partial charge in [-0.15, -0.1) is 0 Å². The molecule has 0 saturated carbocycles. The molecule has 2 nitrogen and oxygen atoms in total. The number of hydrogen-bond donors (Lipinski definition) is 0. The molecule has 162 valence electrons. The Kier molecular flexibility index (Phi) is 6.57. The largest absolute Gasteiger partial charge is 0.400 e. The van der Waals surface area contributed by atoms with Crippen LogP contribution in [0.2, 0.25) is 15.1 Å². The van der Waals surface area contributed by atoms with Gasteiger partial charge in [-0.05, 0) is 54.8 Å². The normalized spacial score (nSPS) is 19.3. The second kappa shape index (κ2) is 8.52. The Hall–Kier alpha value is -1.56. The van der Waals surface area contributed by atoms with Crippen LogP contribution in [0.15, 0.2) is 48.7 Å². The van der Waals surface area contributed by atoms with E-state index in [0.717, 1.165) is 11.3 Å². The standard InChI is InChI=1S/C22H22Cl3F3N2/c1-14(2)29(3)12-15-4-5-19(11-20(15)25)30-7-6-21(13-30,22(26,27)28)16-8-17(23)10-18(24)9-16/h4-5,8-11H,1,6-7,12-13H2,2-3H3. The van der Waals surface area contributed by atoms with Gasteiger partial charge in [0.05, 0.1) is 0 Å². The lowest BCUT2D eigenvalue weighted by molar-refractivity contribution is -0.184. The van der Waals surface area contributed by atoms with Gasteiger partial charge < -0.3 is 9.80 Å². The molecule has 1 heterocycles. The lowest BCUT2D eigenvalue weighted by atomic mass is 9.79. The summed E-state index contributed by atoms with van der Waals surface area (Å²) in [5.41, 5.74) is 0.466. The van der Waals surface area contributed by atoms with Gasteiger partial charge in [0.25, 0.3) is 0 Å². The third-order valence-electron chi connectivity index (χ3n) is 5.69. The topological polar surface area (TPSA) is 6.48 Å². The Morgan fingerprint density at radius 1 is 1.13 bits per heavy atom. The highest BCUT2D eigenvalue weighted by Crippen LogP contribution is 2.49. The quantitative estimate of drug-likeness (QED) is 0.445. The molecule has 1 saturated heterocycles.